The van der Waals surface area contributed by atoms with Crippen LogP contribution in [0.15, 0.2) is 47.5 Å². The summed E-state index contributed by atoms with van der Waals surface area (Å²) in [5, 5.41) is 13.2. The number of nitrogens with zero attached hydrogens (tertiary/aromatic N) is 1. The van der Waals surface area contributed by atoms with Crippen LogP contribution in [0.5, 0.6) is 5.75 Å². The molecule has 2 aromatic rings. The van der Waals surface area contributed by atoms with Crippen LogP contribution in [0.1, 0.15) is 22.8 Å². The van der Waals surface area contributed by atoms with Gasteiger partial charge in [-0.15, -0.1) is 0 Å². The molecule has 0 saturated heterocycles. The third-order valence-electron chi connectivity index (χ3n) is 3.71. The zero-order valence-electron chi connectivity index (χ0n) is 13.7. The summed E-state index contributed by atoms with van der Waals surface area (Å²) in [4.78, 5) is 4.19. The monoisotopic (exact) mass is 313 g/mol. The maximum atomic E-state index is 10.1. The number of guanidine groups is 1. The Balaban J connectivity index is 1.96. The fraction of sp³-hybridized carbons (Fsp3) is 0.278. The Bertz CT molecular complexity index is 681. The number of aryl methyl sites for hydroxylation is 2. The van der Waals surface area contributed by atoms with E-state index in [2.05, 4.69) is 17.2 Å². The number of anilines is 1. The molecule has 2 aromatic carbocycles. The Morgan fingerprint density at radius 1 is 1.17 bits per heavy atom. The molecular formula is C18H23N3O2. The maximum absolute atomic E-state index is 10.1. The zero-order chi connectivity index (χ0) is 16.8. The number of aliphatic hydroxyl groups excluding tert-OH is 1. The van der Waals surface area contributed by atoms with Gasteiger partial charge in [-0.05, 0) is 54.8 Å². The average molecular weight is 313 g/mol. The summed E-state index contributed by atoms with van der Waals surface area (Å²) < 4.78 is 5.09. The minimum Gasteiger partial charge on any atom is -0.497 e. The van der Waals surface area contributed by atoms with Crippen molar-refractivity contribution in [2.45, 2.75) is 20.0 Å². The molecule has 5 nitrogen and oxygen atoms in total. The van der Waals surface area contributed by atoms with E-state index in [0.717, 1.165) is 17.0 Å². The van der Waals surface area contributed by atoms with Crippen molar-refractivity contribution in [2.24, 2.45) is 10.7 Å². The van der Waals surface area contributed by atoms with E-state index in [0.29, 0.717) is 0 Å². The van der Waals surface area contributed by atoms with E-state index in [9.17, 15) is 5.11 Å². The standard InChI is InChI=1S/C18H23N3O2/c1-12-4-7-15(10-13(12)2)21-18(19)20-11-17(22)14-5-8-16(23-3)9-6-14/h4-10,17,22H,11H2,1-3H3,(H3,19,20,21). The first-order valence-electron chi connectivity index (χ1n) is 7.46. The Hall–Kier alpha value is -2.53. The number of benzene rings is 2. The fourth-order valence-electron chi connectivity index (χ4n) is 2.12. The number of rotatable bonds is 5. The first-order valence-corrected chi connectivity index (χ1v) is 7.46. The Kier molecular flexibility index (Phi) is 5.60. The molecule has 0 aliphatic heterocycles. The molecule has 23 heavy (non-hydrogen) atoms. The van der Waals surface area contributed by atoms with Crippen molar-refractivity contribution in [2.75, 3.05) is 19.0 Å². The van der Waals surface area contributed by atoms with Gasteiger partial charge in [0, 0.05) is 5.69 Å². The van der Waals surface area contributed by atoms with Crippen molar-refractivity contribution in [1.82, 2.24) is 0 Å². The van der Waals surface area contributed by atoms with Crippen molar-refractivity contribution in [1.29, 1.82) is 0 Å². The van der Waals surface area contributed by atoms with Crippen molar-refractivity contribution in [3.63, 3.8) is 0 Å². The van der Waals surface area contributed by atoms with Gasteiger partial charge >= 0.3 is 0 Å². The smallest absolute Gasteiger partial charge is 0.193 e. The number of nitrogens with one attached hydrogen (secondary N) is 1. The minimum absolute atomic E-state index is 0.190. The molecule has 5 heteroatoms. The van der Waals surface area contributed by atoms with Crippen molar-refractivity contribution in [3.05, 3.63) is 59.2 Å². The first-order chi connectivity index (χ1) is 11.0. The molecule has 0 fully saturated rings. The van der Waals surface area contributed by atoms with Gasteiger partial charge in [-0.25, -0.2) is 0 Å². The van der Waals surface area contributed by atoms with Gasteiger partial charge in [0.2, 0.25) is 0 Å². The summed E-state index contributed by atoms with van der Waals surface area (Å²) in [5.74, 6) is 1.03. The summed E-state index contributed by atoms with van der Waals surface area (Å²) in [6.45, 7) is 4.29. The Morgan fingerprint density at radius 3 is 2.48 bits per heavy atom. The quantitative estimate of drug-likeness (QED) is 0.586. The minimum atomic E-state index is -0.707. The molecule has 0 heterocycles. The van der Waals surface area contributed by atoms with E-state index in [-0.39, 0.29) is 12.5 Å². The van der Waals surface area contributed by atoms with E-state index < -0.39 is 6.10 Å². The highest BCUT2D eigenvalue weighted by Crippen LogP contribution is 2.18. The molecule has 0 bridgehead atoms. The third kappa shape index (κ3) is 4.72. The lowest BCUT2D eigenvalue weighted by molar-refractivity contribution is 0.187. The lowest BCUT2D eigenvalue weighted by atomic mass is 10.1. The van der Waals surface area contributed by atoms with Crippen LogP contribution >= 0.6 is 0 Å². The van der Waals surface area contributed by atoms with Crippen molar-refractivity contribution >= 4 is 11.6 Å². The highest BCUT2D eigenvalue weighted by molar-refractivity contribution is 5.92. The summed E-state index contributed by atoms with van der Waals surface area (Å²) in [6, 6.07) is 13.2. The van der Waals surface area contributed by atoms with Crippen molar-refractivity contribution < 1.29 is 9.84 Å². The SMILES string of the molecule is COc1ccc(C(O)CN=C(N)Nc2ccc(C)c(C)c2)cc1. The molecule has 0 saturated carbocycles. The largest absolute Gasteiger partial charge is 0.497 e. The fourth-order valence-corrected chi connectivity index (χ4v) is 2.12. The molecule has 0 aliphatic carbocycles. The molecule has 0 aromatic heterocycles. The topological polar surface area (TPSA) is 79.9 Å². The molecule has 2 rings (SSSR count). The van der Waals surface area contributed by atoms with Crippen LogP contribution in [0.3, 0.4) is 0 Å². The van der Waals surface area contributed by atoms with Crippen LogP contribution in [0.25, 0.3) is 0 Å². The summed E-state index contributed by atoms with van der Waals surface area (Å²) >= 11 is 0. The van der Waals surface area contributed by atoms with Crippen LogP contribution in [-0.4, -0.2) is 24.7 Å². The molecule has 0 aliphatic rings. The van der Waals surface area contributed by atoms with Gasteiger partial charge in [0.25, 0.3) is 0 Å². The van der Waals surface area contributed by atoms with Crippen LogP contribution in [0, 0.1) is 13.8 Å². The Labute approximate surface area is 136 Å². The number of hydrogen-bond donors (Lipinski definition) is 3. The van der Waals surface area contributed by atoms with E-state index in [1.54, 1.807) is 19.2 Å². The van der Waals surface area contributed by atoms with Crippen LogP contribution in [-0.2, 0) is 0 Å². The number of ether oxygens (including phenoxy) is 1. The van der Waals surface area contributed by atoms with Crippen molar-refractivity contribution in [3.8, 4) is 5.75 Å². The number of nitrogens with two attached hydrogens (primary N) is 1. The predicted octanol–water partition coefficient (Wildman–Crippen LogP) is 2.77. The third-order valence-corrected chi connectivity index (χ3v) is 3.71. The van der Waals surface area contributed by atoms with E-state index >= 15 is 0 Å². The second-order valence-electron chi connectivity index (χ2n) is 5.44. The van der Waals surface area contributed by atoms with E-state index in [4.69, 9.17) is 10.5 Å². The zero-order valence-corrected chi connectivity index (χ0v) is 13.7. The van der Waals surface area contributed by atoms with E-state index in [1.807, 2.05) is 37.3 Å². The summed E-state index contributed by atoms with van der Waals surface area (Å²) in [5.41, 5.74) is 9.93. The molecule has 0 radical (unpaired) electrons. The number of aliphatic hydroxyl groups is 1. The molecule has 1 atom stereocenters. The highest BCUT2D eigenvalue weighted by Gasteiger charge is 2.07. The highest BCUT2D eigenvalue weighted by atomic mass is 16.5. The van der Waals surface area contributed by atoms with Gasteiger partial charge < -0.3 is 20.9 Å². The van der Waals surface area contributed by atoms with Gasteiger partial charge in [-0.2, -0.15) is 0 Å². The molecule has 122 valence electrons. The van der Waals surface area contributed by atoms with Gasteiger partial charge in [0.05, 0.1) is 19.8 Å². The lowest BCUT2D eigenvalue weighted by Gasteiger charge is -2.11. The maximum Gasteiger partial charge on any atom is 0.193 e. The second-order valence-corrected chi connectivity index (χ2v) is 5.44. The molecule has 0 spiro atoms. The van der Waals surface area contributed by atoms with Crippen LogP contribution in [0.4, 0.5) is 5.69 Å². The number of hydrogen-bond acceptors (Lipinski definition) is 3. The average Bonchev–Trinajstić information content (AvgIpc) is 2.56. The molecule has 1 unspecified atom stereocenters. The van der Waals surface area contributed by atoms with Gasteiger partial charge in [-0.3, -0.25) is 4.99 Å². The van der Waals surface area contributed by atoms with Gasteiger partial charge in [-0.1, -0.05) is 18.2 Å². The van der Waals surface area contributed by atoms with Gasteiger partial charge in [0.1, 0.15) is 5.75 Å². The normalized spacial score (nSPS) is 12.8. The summed E-state index contributed by atoms with van der Waals surface area (Å²) in [7, 11) is 1.61. The number of methoxy groups -OCH3 is 1. The van der Waals surface area contributed by atoms with Crippen LogP contribution in [0.2, 0.25) is 0 Å². The molecule has 0 amide bonds. The van der Waals surface area contributed by atoms with E-state index in [1.165, 1.54) is 11.1 Å². The lowest BCUT2D eigenvalue weighted by Crippen LogP contribution is -2.23. The van der Waals surface area contributed by atoms with Crippen LogP contribution < -0.4 is 15.8 Å². The molecule has 4 N–H and O–H groups in total. The summed E-state index contributed by atoms with van der Waals surface area (Å²) in [6.07, 6.45) is -0.707. The molecular weight excluding hydrogens is 290 g/mol. The van der Waals surface area contributed by atoms with Gasteiger partial charge in [0.15, 0.2) is 5.96 Å². The Morgan fingerprint density at radius 2 is 1.87 bits per heavy atom. The predicted molar refractivity (Wildman–Crippen MR) is 94.0 cm³/mol. The first kappa shape index (κ1) is 16.8. The second kappa shape index (κ2) is 7.65. The number of aliphatic imine (C=N–C) groups is 1.